The van der Waals surface area contributed by atoms with Crippen molar-refractivity contribution in [1.82, 2.24) is 10.3 Å². The van der Waals surface area contributed by atoms with E-state index in [0.717, 1.165) is 0 Å². The number of aromatic nitrogens is 1. The zero-order chi connectivity index (χ0) is 21.6. The van der Waals surface area contributed by atoms with Crippen LogP contribution >= 0.6 is 7.82 Å². The minimum Gasteiger partial charge on any atom is -0.506 e. The summed E-state index contributed by atoms with van der Waals surface area (Å²) in [6.45, 7) is 0.803. The largest absolute Gasteiger partial charge is 0.506 e. The summed E-state index contributed by atoms with van der Waals surface area (Å²) in [5.41, 5.74) is 1.03. The molecule has 0 amide bonds. The number of aliphatic carboxylic acids is 1. The van der Waals surface area contributed by atoms with Crippen molar-refractivity contribution in [2.75, 3.05) is 11.9 Å². The predicted molar refractivity (Wildman–Crippen MR) is 102 cm³/mol. The molecule has 2 rings (SSSR count). The van der Waals surface area contributed by atoms with E-state index in [0.29, 0.717) is 5.69 Å². The molecule has 0 spiro atoms. The molecule has 29 heavy (non-hydrogen) atoms. The number of anilines is 1. The number of nitrogens with zero attached hydrogens (tertiary/aromatic N) is 1. The van der Waals surface area contributed by atoms with Crippen molar-refractivity contribution in [1.29, 1.82) is 0 Å². The van der Waals surface area contributed by atoms with Crippen LogP contribution in [0.2, 0.25) is 0 Å². The average molecular weight is 427 g/mol. The number of carboxylic acid groups (broad SMARTS) is 1. The zero-order valence-corrected chi connectivity index (χ0v) is 16.3. The molecule has 2 aromatic rings. The summed E-state index contributed by atoms with van der Waals surface area (Å²) in [5.74, 6) is -1.44. The Morgan fingerprint density at radius 2 is 1.97 bits per heavy atom. The highest BCUT2D eigenvalue weighted by atomic mass is 31.2. The van der Waals surface area contributed by atoms with Crippen molar-refractivity contribution in [2.24, 2.45) is 0 Å². The van der Waals surface area contributed by atoms with E-state index in [4.69, 9.17) is 9.79 Å². The van der Waals surface area contributed by atoms with Crippen LogP contribution in [-0.4, -0.2) is 48.6 Å². The molecule has 0 saturated heterocycles. The van der Waals surface area contributed by atoms with Gasteiger partial charge in [0, 0.05) is 30.4 Å². The van der Waals surface area contributed by atoms with Gasteiger partial charge >= 0.3 is 13.8 Å². The van der Waals surface area contributed by atoms with E-state index < -0.39 is 26.4 Å². The molecule has 7 N–H and O–H groups in total. The maximum absolute atomic E-state index is 11.6. The molecule has 1 aromatic heterocycles. The summed E-state index contributed by atoms with van der Waals surface area (Å²) in [5, 5.41) is 35.0. The number of phosphoric acid groups is 1. The lowest BCUT2D eigenvalue weighted by atomic mass is 10.1. The quantitative estimate of drug-likeness (QED) is 0.213. The Bertz CT molecular complexity index is 918. The highest BCUT2D eigenvalue weighted by molar-refractivity contribution is 7.46. The van der Waals surface area contributed by atoms with Crippen molar-refractivity contribution >= 4 is 19.5 Å². The molecule has 0 aliphatic rings. The van der Waals surface area contributed by atoms with Gasteiger partial charge in [0.25, 0.3) is 0 Å². The van der Waals surface area contributed by atoms with Gasteiger partial charge in [-0.3, -0.25) is 19.6 Å². The predicted octanol–water partition coefficient (Wildman–Crippen LogP) is 1.07. The van der Waals surface area contributed by atoms with E-state index in [1.165, 1.54) is 19.2 Å². The van der Waals surface area contributed by atoms with Gasteiger partial charge < -0.3 is 30.4 Å². The summed E-state index contributed by atoms with van der Waals surface area (Å²) in [6, 6.07) is 5.25. The maximum atomic E-state index is 11.6. The number of hydrogen-bond donors (Lipinski definition) is 7. The van der Waals surface area contributed by atoms with Gasteiger partial charge in [0.15, 0.2) is 0 Å². The van der Waals surface area contributed by atoms with Crippen LogP contribution in [0.25, 0.3) is 0 Å². The SMILES string of the molecule is Cc1ncc(COP(=O)(O)O)c(CN[C@H](CNc2ccccc2O)C(=O)O)c1O. The molecule has 0 radical (unpaired) electrons. The molecule has 0 aliphatic carbocycles. The van der Waals surface area contributed by atoms with Crippen molar-refractivity contribution < 1.29 is 39.0 Å². The second-order valence-electron chi connectivity index (χ2n) is 6.13. The molecule has 0 aliphatic heterocycles. The van der Waals surface area contributed by atoms with Gasteiger partial charge in [-0.25, -0.2) is 4.57 Å². The third-order valence-electron chi connectivity index (χ3n) is 4.04. The summed E-state index contributed by atoms with van der Waals surface area (Å²) >= 11 is 0. The van der Waals surface area contributed by atoms with Gasteiger partial charge in [0.05, 0.1) is 18.0 Å². The minimum absolute atomic E-state index is 0.0316. The standard InChI is InChI=1S/C17H22N3O8P/c1-10-16(22)12(11(6-18-10)9-28-29(25,26)27)7-19-14(17(23)24)8-20-13-4-2-3-5-15(13)21/h2-6,14,19-22H,7-9H2,1H3,(H,23,24)(H2,25,26,27)/t14-/m1/s1. The van der Waals surface area contributed by atoms with E-state index in [2.05, 4.69) is 20.1 Å². The first-order valence-corrected chi connectivity index (χ1v) is 9.96. The first-order chi connectivity index (χ1) is 13.6. The second-order valence-corrected chi connectivity index (χ2v) is 7.37. The molecular weight excluding hydrogens is 405 g/mol. The number of carbonyl (C=O) groups is 1. The van der Waals surface area contributed by atoms with Crippen LogP contribution in [0.15, 0.2) is 30.5 Å². The van der Waals surface area contributed by atoms with Crippen LogP contribution in [0.4, 0.5) is 5.69 Å². The Morgan fingerprint density at radius 1 is 1.28 bits per heavy atom. The number of pyridine rings is 1. The molecule has 1 aromatic carbocycles. The number of phenolic OH excluding ortho intramolecular Hbond substituents is 1. The van der Waals surface area contributed by atoms with Gasteiger partial charge in [-0.2, -0.15) is 0 Å². The number of aromatic hydroxyl groups is 2. The van der Waals surface area contributed by atoms with Crippen molar-refractivity contribution in [2.45, 2.75) is 26.1 Å². The van der Waals surface area contributed by atoms with E-state index >= 15 is 0 Å². The van der Waals surface area contributed by atoms with E-state index in [9.17, 15) is 24.7 Å². The molecular formula is C17H22N3O8P. The lowest BCUT2D eigenvalue weighted by Crippen LogP contribution is -2.42. The average Bonchev–Trinajstić information content (AvgIpc) is 2.64. The maximum Gasteiger partial charge on any atom is 0.469 e. The minimum atomic E-state index is -4.74. The van der Waals surface area contributed by atoms with Gasteiger partial charge in [0.1, 0.15) is 17.5 Å². The first kappa shape index (κ1) is 22.6. The first-order valence-electron chi connectivity index (χ1n) is 8.43. The molecule has 0 unspecified atom stereocenters. The molecule has 0 fully saturated rings. The van der Waals surface area contributed by atoms with Crippen LogP contribution in [0.5, 0.6) is 11.5 Å². The summed E-state index contributed by atoms with van der Waals surface area (Å²) in [6.07, 6.45) is 1.29. The van der Waals surface area contributed by atoms with Crippen molar-refractivity contribution in [3.63, 3.8) is 0 Å². The van der Waals surface area contributed by atoms with Crippen LogP contribution in [0.3, 0.4) is 0 Å². The fraction of sp³-hybridized carbons (Fsp3) is 0.294. The number of para-hydroxylation sites is 2. The molecule has 1 heterocycles. The number of hydrogen-bond acceptors (Lipinski definition) is 8. The van der Waals surface area contributed by atoms with Gasteiger partial charge in [-0.15, -0.1) is 0 Å². The lowest BCUT2D eigenvalue weighted by Gasteiger charge is -2.19. The molecule has 158 valence electrons. The van der Waals surface area contributed by atoms with Gasteiger partial charge in [-0.05, 0) is 19.1 Å². The number of nitrogens with one attached hydrogen (secondary N) is 2. The summed E-state index contributed by atoms with van der Waals surface area (Å²) < 4.78 is 15.4. The second kappa shape index (κ2) is 9.68. The number of carboxylic acids is 1. The molecule has 1 atom stereocenters. The van der Waals surface area contributed by atoms with E-state index in [1.54, 1.807) is 18.2 Å². The highest BCUT2D eigenvalue weighted by Gasteiger charge is 2.21. The Labute approximate surface area is 166 Å². The molecule has 11 nitrogen and oxygen atoms in total. The normalized spacial score (nSPS) is 12.5. The fourth-order valence-electron chi connectivity index (χ4n) is 2.47. The molecule has 0 bridgehead atoms. The highest BCUT2D eigenvalue weighted by Crippen LogP contribution is 2.38. The van der Waals surface area contributed by atoms with Gasteiger partial charge in [0.2, 0.25) is 0 Å². The number of aryl methyl sites for hydroxylation is 1. The third-order valence-corrected chi connectivity index (χ3v) is 4.51. The van der Waals surface area contributed by atoms with E-state index in [1.807, 2.05) is 0 Å². The molecule has 0 saturated carbocycles. The fourth-order valence-corrected chi connectivity index (χ4v) is 2.77. The lowest BCUT2D eigenvalue weighted by molar-refractivity contribution is -0.139. The topological polar surface area (TPSA) is 181 Å². The Balaban J connectivity index is 2.12. The summed E-state index contributed by atoms with van der Waals surface area (Å²) in [7, 11) is -4.74. The third kappa shape index (κ3) is 6.70. The summed E-state index contributed by atoms with van der Waals surface area (Å²) in [4.78, 5) is 33.2. The van der Waals surface area contributed by atoms with Crippen molar-refractivity contribution in [3.05, 3.63) is 47.3 Å². The number of phenols is 1. The van der Waals surface area contributed by atoms with Gasteiger partial charge in [-0.1, -0.05) is 12.1 Å². The monoisotopic (exact) mass is 427 g/mol. The number of phosphoric ester groups is 1. The van der Waals surface area contributed by atoms with Crippen LogP contribution in [-0.2, 0) is 27.0 Å². The molecule has 12 heteroatoms. The number of rotatable bonds is 10. The Kier molecular flexibility index (Phi) is 7.54. The van der Waals surface area contributed by atoms with Crippen LogP contribution in [0, 0.1) is 6.92 Å². The Hall–Kier alpha value is -2.69. The van der Waals surface area contributed by atoms with Crippen molar-refractivity contribution in [3.8, 4) is 11.5 Å². The zero-order valence-electron chi connectivity index (χ0n) is 15.4. The number of benzene rings is 1. The van der Waals surface area contributed by atoms with E-state index in [-0.39, 0.29) is 41.4 Å². The Morgan fingerprint density at radius 3 is 2.59 bits per heavy atom. The smallest absolute Gasteiger partial charge is 0.469 e. The van der Waals surface area contributed by atoms with Crippen LogP contribution < -0.4 is 10.6 Å². The van der Waals surface area contributed by atoms with Crippen LogP contribution in [0.1, 0.15) is 16.8 Å².